The normalized spacial score (nSPS) is 13.9. The van der Waals surface area contributed by atoms with Gasteiger partial charge in [-0.3, -0.25) is 4.99 Å². The van der Waals surface area contributed by atoms with E-state index < -0.39 is 0 Å². The van der Waals surface area contributed by atoms with E-state index in [2.05, 4.69) is 33.8 Å². The van der Waals surface area contributed by atoms with E-state index in [1.54, 1.807) is 14.2 Å². The fraction of sp³-hybridized carbons (Fsp3) is 0.611. The lowest BCUT2D eigenvalue weighted by Crippen LogP contribution is -2.37. The smallest absolute Gasteiger partial charge is 0.191 e. The molecule has 1 aliphatic carbocycles. The minimum Gasteiger partial charge on any atom is -0.382 e. The molecule has 0 bridgehead atoms. The standard InChI is InChI=1S/C18H29N3O2/c1-19-18(20-9-4-10-23-12-11-22-2)21-14-15-7-8-16-5-3-6-17(16)13-15/h7-8,13H,3-6,9-12,14H2,1-2H3,(H2,19,20,21). The molecule has 0 saturated heterocycles. The van der Waals surface area contributed by atoms with Gasteiger partial charge in [0.05, 0.1) is 13.2 Å². The van der Waals surface area contributed by atoms with Crippen LogP contribution in [0.15, 0.2) is 23.2 Å². The van der Waals surface area contributed by atoms with E-state index in [1.807, 2.05) is 0 Å². The molecule has 0 fully saturated rings. The Morgan fingerprint density at radius 1 is 1.13 bits per heavy atom. The number of aliphatic imine (C=N–C) groups is 1. The molecule has 0 spiro atoms. The van der Waals surface area contributed by atoms with Crippen LogP contribution < -0.4 is 10.6 Å². The van der Waals surface area contributed by atoms with Crippen LogP contribution in [0.5, 0.6) is 0 Å². The molecule has 23 heavy (non-hydrogen) atoms. The highest BCUT2D eigenvalue weighted by atomic mass is 16.5. The Labute approximate surface area is 139 Å². The van der Waals surface area contributed by atoms with Crippen molar-refractivity contribution in [1.29, 1.82) is 0 Å². The van der Waals surface area contributed by atoms with Crippen LogP contribution in [0.1, 0.15) is 29.5 Å². The van der Waals surface area contributed by atoms with Gasteiger partial charge in [-0.05, 0) is 42.4 Å². The largest absolute Gasteiger partial charge is 0.382 e. The van der Waals surface area contributed by atoms with Gasteiger partial charge in [-0.2, -0.15) is 0 Å². The molecule has 0 aliphatic heterocycles. The van der Waals surface area contributed by atoms with E-state index in [-0.39, 0.29) is 0 Å². The van der Waals surface area contributed by atoms with Gasteiger partial charge in [-0.25, -0.2) is 0 Å². The van der Waals surface area contributed by atoms with Crippen molar-refractivity contribution in [2.75, 3.05) is 40.5 Å². The number of ether oxygens (including phenoxy) is 2. The molecule has 2 rings (SSSR count). The summed E-state index contributed by atoms with van der Waals surface area (Å²) in [6, 6.07) is 6.81. The van der Waals surface area contributed by atoms with Crippen LogP contribution in [0.3, 0.4) is 0 Å². The van der Waals surface area contributed by atoms with Crippen molar-refractivity contribution in [3.63, 3.8) is 0 Å². The quantitative estimate of drug-likeness (QED) is 0.415. The summed E-state index contributed by atoms with van der Waals surface area (Å²) in [4.78, 5) is 4.26. The first-order valence-corrected chi connectivity index (χ1v) is 8.45. The molecule has 0 aromatic heterocycles. The molecule has 0 radical (unpaired) electrons. The number of rotatable bonds is 9. The van der Waals surface area contributed by atoms with Gasteiger partial charge < -0.3 is 20.1 Å². The van der Waals surface area contributed by atoms with Crippen molar-refractivity contribution >= 4 is 5.96 Å². The summed E-state index contributed by atoms with van der Waals surface area (Å²) < 4.78 is 10.4. The van der Waals surface area contributed by atoms with Crippen LogP contribution >= 0.6 is 0 Å². The Bertz CT molecular complexity index is 503. The van der Waals surface area contributed by atoms with Gasteiger partial charge in [-0.1, -0.05) is 18.2 Å². The van der Waals surface area contributed by atoms with Crippen molar-refractivity contribution < 1.29 is 9.47 Å². The SMILES string of the molecule is CN=C(NCCCOCCOC)NCc1ccc2c(c1)CCC2. The Hall–Kier alpha value is -1.59. The number of hydrogen-bond acceptors (Lipinski definition) is 3. The number of nitrogens with zero attached hydrogens (tertiary/aromatic N) is 1. The minimum atomic E-state index is 0.650. The van der Waals surface area contributed by atoms with Crippen LogP contribution in [-0.2, 0) is 28.9 Å². The van der Waals surface area contributed by atoms with E-state index in [1.165, 1.54) is 36.0 Å². The maximum Gasteiger partial charge on any atom is 0.191 e. The summed E-state index contributed by atoms with van der Waals surface area (Å²) in [5.74, 6) is 0.836. The van der Waals surface area contributed by atoms with Gasteiger partial charge in [0.2, 0.25) is 0 Å². The first-order chi connectivity index (χ1) is 11.3. The number of aryl methyl sites for hydroxylation is 2. The van der Waals surface area contributed by atoms with Crippen LogP contribution in [-0.4, -0.2) is 46.5 Å². The molecular formula is C18H29N3O2. The molecule has 0 atom stereocenters. The van der Waals surface area contributed by atoms with E-state index in [4.69, 9.17) is 9.47 Å². The fourth-order valence-electron chi connectivity index (χ4n) is 2.77. The molecule has 1 aliphatic rings. The molecule has 1 aromatic rings. The van der Waals surface area contributed by atoms with Gasteiger partial charge in [0.15, 0.2) is 5.96 Å². The zero-order valence-corrected chi connectivity index (χ0v) is 14.4. The summed E-state index contributed by atoms with van der Waals surface area (Å²) in [5, 5.41) is 6.68. The minimum absolute atomic E-state index is 0.650. The van der Waals surface area contributed by atoms with Crippen molar-refractivity contribution in [3.8, 4) is 0 Å². The van der Waals surface area contributed by atoms with Crippen molar-refractivity contribution in [2.45, 2.75) is 32.2 Å². The zero-order valence-electron chi connectivity index (χ0n) is 14.4. The summed E-state index contributed by atoms with van der Waals surface area (Å²) in [6.07, 6.45) is 4.70. The first kappa shape index (κ1) is 17.8. The van der Waals surface area contributed by atoms with Crippen molar-refractivity contribution in [2.24, 2.45) is 4.99 Å². The molecule has 5 nitrogen and oxygen atoms in total. The van der Waals surface area contributed by atoms with Crippen LogP contribution in [0.2, 0.25) is 0 Å². The number of guanidine groups is 1. The molecule has 0 unspecified atom stereocenters. The van der Waals surface area contributed by atoms with Gasteiger partial charge in [0.1, 0.15) is 0 Å². The molecule has 0 heterocycles. The predicted octanol–water partition coefficient (Wildman–Crippen LogP) is 1.89. The van der Waals surface area contributed by atoms with Gasteiger partial charge >= 0.3 is 0 Å². The highest BCUT2D eigenvalue weighted by molar-refractivity contribution is 5.79. The van der Waals surface area contributed by atoms with E-state index >= 15 is 0 Å². The Morgan fingerprint density at radius 2 is 2.00 bits per heavy atom. The van der Waals surface area contributed by atoms with E-state index in [0.29, 0.717) is 13.2 Å². The summed E-state index contributed by atoms with van der Waals surface area (Å²) in [7, 11) is 3.48. The average molecular weight is 319 g/mol. The number of fused-ring (bicyclic) bond motifs is 1. The molecule has 1 aromatic carbocycles. The van der Waals surface area contributed by atoms with Crippen LogP contribution in [0.4, 0.5) is 0 Å². The molecular weight excluding hydrogens is 290 g/mol. The first-order valence-electron chi connectivity index (χ1n) is 8.45. The molecule has 5 heteroatoms. The van der Waals surface area contributed by atoms with Gasteiger partial charge in [0.25, 0.3) is 0 Å². The third kappa shape index (κ3) is 6.20. The highest BCUT2D eigenvalue weighted by Crippen LogP contribution is 2.22. The Kier molecular flexibility index (Phi) is 7.90. The number of nitrogens with one attached hydrogen (secondary N) is 2. The third-order valence-electron chi connectivity index (χ3n) is 4.04. The molecule has 128 valence electrons. The van der Waals surface area contributed by atoms with Crippen LogP contribution in [0.25, 0.3) is 0 Å². The zero-order chi connectivity index (χ0) is 16.3. The second-order valence-corrected chi connectivity index (χ2v) is 5.77. The van der Waals surface area contributed by atoms with Crippen molar-refractivity contribution in [3.05, 3.63) is 34.9 Å². The predicted molar refractivity (Wildman–Crippen MR) is 94.0 cm³/mol. The fourth-order valence-corrected chi connectivity index (χ4v) is 2.77. The molecule has 0 saturated carbocycles. The topological polar surface area (TPSA) is 54.9 Å². The Balaban J connectivity index is 1.63. The highest BCUT2D eigenvalue weighted by Gasteiger charge is 2.10. The maximum atomic E-state index is 5.44. The average Bonchev–Trinajstić information content (AvgIpc) is 3.04. The lowest BCUT2D eigenvalue weighted by Gasteiger charge is -2.12. The monoisotopic (exact) mass is 319 g/mol. The van der Waals surface area contributed by atoms with E-state index in [9.17, 15) is 0 Å². The summed E-state index contributed by atoms with van der Waals surface area (Å²) >= 11 is 0. The van der Waals surface area contributed by atoms with Crippen LogP contribution in [0, 0.1) is 0 Å². The summed E-state index contributed by atoms with van der Waals surface area (Å²) in [6.45, 7) is 3.69. The lowest BCUT2D eigenvalue weighted by molar-refractivity contribution is 0.0698. The molecule has 2 N–H and O–H groups in total. The molecule has 0 amide bonds. The second kappa shape index (κ2) is 10.2. The van der Waals surface area contributed by atoms with E-state index in [0.717, 1.165) is 32.1 Å². The second-order valence-electron chi connectivity index (χ2n) is 5.77. The number of methoxy groups -OCH3 is 1. The number of hydrogen-bond donors (Lipinski definition) is 2. The van der Waals surface area contributed by atoms with Gasteiger partial charge in [0, 0.05) is 33.9 Å². The lowest BCUT2D eigenvalue weighted by atomic mass is 10.1. The maximum absolute atomic E-state index is 5.44. The number of benzene rings is 1. The van der Waals surface area contributed by atoms with Gasteiger partial charge in [-0.15, -0.1) is 0 Å². The summed E-state index contributed by atoms with van der Waals surface area (Å²) in [5.41, 5.74) is 4.35. The third-order valence-corrected chi connectivity index (χ3v) is 4.04. The Morgan fingerprint density at radius 3 is 2.83 bits per heavy atom. The van der Waals surface area contributed by atoms with Crippen molar-refractivity contribution in [1.82, 2.24) is 10.6 Å².